The molecule has 0 radical (unpaired) electrons. The lowest BCUT2D eigenvalue weighted by molar-refractivity contribution is -0.122. The zero-order valence-electron chi connectivity index (χ0n) is 18.0. The number of aryl methyl sites for hydroxylation is 1. The second kappa shape index (κ2) is 12.6. The minimum Gasteiger partial charge on any atom is -0.496 e. The lowest BCUT2D eigenvalue weighted by Gasteiger charge is -2.15. The molecule has 2 aromatic rings. The van der Waals surface area contributed by atoms with Crippen LogP contribution in [0.2, 0.25) is 0 Å². The van der Waals surface area contributed by atoms with Crippen molar-refractivity contribution < 1.29 is 14.3 Å². The summed E-state index contributed by atoms with van der Waals surface area (Å²) in [6.07, 6.45) is 2.99. The zero-order valence-corrected chi connectivity index (χ0v) is 19.6. The first-order valence-electron chi connectivity index (χ1n) is 10.00. The molecule has 0 fully saturated rings. The Labute approximate surface area is 178 Å². The average Bonchev–Trinajstić information content (AvgIpc) is 2.73. The van der Waals surface area contributed by atoms with Gasteiger partial charge in [-0.15, -0.1) is 0 Å². The number of hydrogen-bond acceptors (Lipinski definition) is 3. The van der Waals surface area contributed by atoms with Gasteiger partial charge in [-0.2, -0.15) is 0 Å². The number of ketones is 1. The topological polar surface area (TPSA) is 35.5 Å². The highest BCUT2D eigenvalue weighted by Gasteiger charge is 2.15. The second-order valence-electron chi connectivity index (χ2n) is 6.53. The molecule has 1 atom stereocenters. The van der Waals surface area contributed by atoms with E-state index >= 15 is 0 Å². The molecule has 0 aliphatic heterocycles. The van der Waals surface area contributed by atoms with E-state index in [-0.39, 0.29) is 5.92 Å². The van der Waals surface area contributed by atoms with Crippen LogP contribution in [0.3, 0.4) is 0 Å². The Morgan fingerprint density at radius 2 is 1.75 bits per heavy atom. The number of methoxy groups -OCH3 is 2. The molecule has 3 nitrogen and oxygen atoms in total. The Hall–Kier alpha value is -1.81. The van der Waals surface area contributed by atoms with E-state index in [0.717, 1.165) is 34.4 Å². The van der Waals surface area contributed by atoms with Gasteiger partial charge in [-0.3, -0.25) is 4.79 Å². The van der Waals surface area contributed by atoms with Gasteiger partial charge in [-0.1, -0.05) is 52.0 Å². The zero-order chi connectivity index (χ0) is 21.1. The molecule has 1 unspecified atom stereocenters. The number of rotatable bonds is 9. The van der Waals surface area contributed by atoms with Crippen LogP contribution in [0.25, 0.3) is 0 Å². The molecule has 0 spiro atoms. The Morgan fingerprint density at radius 1 is 1.07 bits per heavy atom. The molecular weight excluding hydrogens is 416 g/mol. The van der Waals surface area contributed by atoms with Crippen molar-refractivity contribution in [3.63, 3.8) is 0 Å². The highest BCUT2D eigenvalue weighted by Crippen LogP contribution is 2.37. The number of benzene rings is 2. The molecule has 0 heterocycles. The van der Waals surface area contributed by atoms with Crippen LogP contribution in [-0.2, 0) is 17.6 Å². The molecule has 4 heteroatoms. The van der Waals surface area contributed by atoms with E-state index < -0.39 is 0 Å². The summed E-state index contributed by atoms with van der Waals surface area (Å²) in [5.41, 5.74) is 3.37. The quantitative estimate of drug-likeness (QED) is 0.431. The number of halogens is 1. The number of hydrogen-bond donors (Lipinski definition) is 0. The predicted molar refractivity (Wildman–Crippen MR) is 121 cm³/mol. The van der Waals surface area contributed by atoms with E-state index in [2.05, 4.69) is 47.1 Å². The standard InChI is InChI=1S/C22H27BrO3.C2H6/c1-5-15(2)20(24)11-9-16-7-6-8-17(13-16)14-18-21(25-3)12-10-19(23)22(18)26-4;1-2/h6-8,10,12-13,15H,5,9,11,14H2,1-4H3;1-2H3. The maximum atomic E-state index is 12.1. The minimum atomic E-state index is 0.147. The van der Waals surface area contributed by atoms with Gasteiger partial charge in [0.25, 0.3) is 0 Å². The predicted octanol–water partition coefficient (Wildman–Crippen LogP) is 6.63. The maximum absolute atomic E-state index is 12.1. The van der Waals surface area contributed by atoms with Gasteiger partial charge in [0.2, 0.25) is 0 Å². The van der Waals surface area contributed by atoms with Crippen molar-refractivity contribution in [1.82, 2.24) is 0 Å². The molecule has 28 heavy (non-hydrogen) atoms. The van der Waals surface area contributed by atoms with Crippen LogP contribution in [0.15, 0.2) is 40.9 Å². The van der Waals surface area contributed by atoms with Gasteiger partial charge < -0.3 is 9.47 Å². The number of carbonyl (C=O) groups excluding carboxylic acids is 1. The highest BCUT2D eigenvalue weighted by molar-refractivity contribution is 9.10. The van der Waals surface area contributed by atoms with Crippen molar-refractivity contribution in [2.45, 2.75) is 53.4 Å². The van der Waals surface area contributed by atoms with Crippen LogP contribution < -0.4 is 9.47 Å². The van der Waals surface area contributed by atoms with Crippen molar-refractivity contribution >= 4 is 21.7 Å². The molecule has 2 aromatic carbocycles. The minimum absolute atomic E-state index is 0.147. The summed E-state index contributed by atoms with van der Waals surface area (Å²) in [5.74, 6) is 2.09. The average molecular weight is 449 g/mol. The van der Waals surface area contributed by atoms with Crippen LogP contribution in [0.5, 0.6) is 11.5 Å². The van der Waals surface area contributed by atoms with E-state index in [1.54, 1.807) is 14.2 Å². The van der Waals surface area contributed by atoms with E-state index in [1.807, 2.05) is 32.9 Å². The van der Waals surface area contributed by atoms with E-state index in [1.165, 1.54) is 11.1 Å². The van der Waals surface area contributed by atoms with Crippen LogP contribution >= 0.6 is 15.9 Å². The summed E-state index contributed by atoms with van der Waals surface area (Å²) >= 11 is 3.54. The van der Waals surface area contributed by atoms with Crippen LogP contribution in [0.4, 0.5) is 0 Å². The van der Waals surface area contributed by atoms with Crippen LogP contribution in [0.1, 0.15) is 57.2 Å². The molecule has 0 aliphatic rings. The fourth-order valence-electron chi connectivity index (χ4n) is 3.00. The first-order valence-corrected chi connectivity index (χ1v) is 10.8. The molecule has 0 bridgehead atoms. The molecule has 0 aromatic heterocycles. The van der Waals surface area contributed by atoms with Gasteiger partial charge in [-0.25, -0.2) is 0 Å². The van der Waals surface area contributed by atoms with Gasteiger partial charge in [0.15, 0.2) is 0 Å². The molecule has 0 N–H and O–H groups in total. The second-order valence-corrected chi connectivity index (χ2v) is 7.39. The third-order valence-corrected chi connectivity index (χ3v) is 5.41. The van der Waals surface area contributed by atoms with Crippen molar-refractivity contribution in [2.75, 3.05) is 14.2 Å². The number of ether oxygens (including phenoxy) is 2. The normalized spacial score (nSPS) is 11.2. The van der Waals surface area contributed by atoms with Crippen molar-refractivity contribution in [3.8, 4) is 11.5 Å². The van der Waals surface area contributed by atoms with Crippen molar-refractivity contribution in [3.05, 3.63) is 57.6 Å². The number of Topliss-reactive ketones (excluding diaryl/α,β-unsaturated/α-hetero) is 1. The summed E-state index contributed by atoms with van der Waals surface area (Å²) in [6.45, 7) is 8.06. The van der Waals surface area contributed by atoms with Crippen LogP contribution in [0, 0.1) is 5.92 Å². The van der Waals surface area contributed by atoms with Crippen molar-refractivity contribution in [2.24, 2.45) is 5.92 Å². The van der Waals surface area contributed by atoms with Gasteiger partial charge in [0.05, 0.1) is 18.7 Å². The third kappa shape index (κ3) is 6.66. The summed E-state index contributed by atoms with van der Waals surface area (Å²) in [5, 5.41) is 0. The van der Waals surface area contributed by atoms with E-state index in [9.17, 15) is 4.79 Å². The molecule has 0 saturated carbocycles. The largest absolute Gasteiger partial charge is 0.496 e. The van der Waals surface area contributed by atoms with Gasteiger partial charge in [0.1, 0.15) is 17.3 Å². The Balaban J connectivity index is 0.00000190. The van der Waals surface area contributed by atoms with Gasteiger partial charge in [-0.05, 0) is 52.0 Å². The van der Waals surface area contributed by atoms with Gasteiger partial charge in [0, 0.05) is 24.3 Å². The Morgan fingerprint density at radius 3 is 2.36 bits per heavy atom. The maximum Gasteiger partial charge on any atom is 0.140 e. The molecule has 2 rings (SSSR count). The molecule has 154 valence electrons. The lowest BCUT2D eigenvalue weighted by Crippen LogP contribution is -2.10. The first-order chi connectivity index (χ1) is 13.5. The smallest absolute Gasteiger partial charge is 0.140 e. The molecule has 0 aliphatic carbocycles. The van der Waals surface area contributed by atoms with Crippen LogP contribution in [-0.4, -0.2) is 20.0 Å². The molecule has 0 saturated heterocycles. The van der Waals surface area contributed by atoms with Gasteiger partial charge >= 0.3 is 0 Å². The third-order valence-electron chi connectivity index (χ3n) is 4.79. The monoisotopic (exact) mass is 448 g/mol. The highest BCUT2D eigenvalue weighted by atomic mass is 79.9. The fourth-order valence-corrected chi connectivity index (χ4v) is 3.53. The lowest BCUT2D eigenvalue weighted by atomic mass is 9.96. The summed E-state index contributed by atoms with van der Waals surface area (Å²) in [6, 6.07) is 12.3. The number of carbonyl (C=O) groups is 1. The summed E-state index contributed by atoms with van der Waals surface area (Å²) in [4.78, 5) is 12.1. The SMILES string of the molecule is CC.CCC(C)C(=O)CCc1cccc(Cc2c(OC)ccc(Br)c2OC)c1. The van der Waals surface area contributed by atoms with E-state index in [0.29, 0.717) is 18.6 Å². The van der Waals surface area contributed by atoms with E-state index in [4.69, 9.17) is 9.47 Å². The fraction of sp³-hybridized carbons (Fsp3) is 0.458. The summed E-state index contributed by atoms with van der Waals surface area (Å²) < 4.78 is 12.0. The first kappa shape index (κ1) is 24.2. The molecule has 0 amide bonds. The Kier molecular flexibility index (Phi) is 10.9. The Bertz CT molecular complexity index is 756. The molecular formula is C24H33BrO3. The van der Waals surface area contributed by atoms with Crippen molar-refractivity contribution in [1.29, 1.82) is 0 Å². The summed E-state index contributed by atoms with van der Waals surface area (Å²) in [7, 11) is 3.34.